The second-order valence-electron chi connectivity index (χ2n) is 7.77. The third-order valence-electron chi connectivity index (χ3n) is 6.36. The number of ether oxygens (including phenoxy) is 1. The van der Waals surface area contributed by atoms with Crippen LogP contribution in [0.4, 0.5) is 0 Å². The molecule has 2 fully saturated rings. The predicted octanol–water partition coefficient (Wildman–Crippen LogP) is 3.27. The number of rotatable bonds is 5. The minimum atomic E-state index is -0.271. The Hall–Kier alpha value is -1.39. The fourth-order valence-electron chi connectivity index (χ4n) is 4.63. The molecule has 1 aliphatic carbocycles. The summed E-state index contributed by atoms with van der Waals surface area (Å²) >= 11 is 0. The van der Waals surface area contributed by atoms with Crippen LogP contribution in [0.1, 0.15) is 56.6 Å². The van der Waals surface area contributed by atoms with Gasteiger partial charge in [-0.2, -0.15) is 0 Å². The van der Waals surface area contributed by atoms with E-state index in [9.17, 15) is 9.90 Å². The number of carbonyl (C=O) groups is 1. The van der Waals surface area contributed by atoms with Crippen LogP contribution >= 0.6 is 0 Å². The Kier molecular flexibility index (Phi) is 5.49. The molecule has 3 rings (SSSR count). The van der Waals surface area contributed by atoms with Crippen molar-refractivity contribution in [3.05, 3.63) is 35.4 Å². The lowest BCUT2D eigenvalue weighted by molar-refractivity contribution is -0.210. The molecule has 1 saturated heterocycles. The molecule has 1 saturated carbocycles. The number of aliphatic hydroxyl groups is 1. The number of benzene rings is 1. The Morgan fingerprint density at radius 2 is 2.04 bits per heavy atom. The first-order valence-electron chi connectivity index (χ1n) is 9.61. The molecule has 25 heavy (non-hydrogen) atoms. The lowest BCUT2D eigenvalue weighted by Gasteiger charge is -2.56. The molecule has 1 heterocycles. The van der Waals surface area contributed by atoms with Crippen LogP contribution in [-0.4, -0.2) is 47.8 Å². The summed E-state index contributed by atoms with van der Waals surface area (Å²) in [6, 6.07) is 8.30. The van der Waals surface area contributed by atoms with Gasteiger partial charge in [0.25, 0.3) is 0 Å². The molecule has 3 atom stereocenters. The number of nitrogens with zero attached hydrogens (tertiary/aromatic N) is 1. The first-order chi connectivity index (χ1) is 12.0. The molecule has 0 aromatic heterocycles. The zero-order valence-corrected chi connectivity index (χ0v) is 15.7. The van der Waals surface area contributed by atoms with Gasteiger partial charge in [0.1, 0.15) is 0 Å². The highest BCUT2D eigenvalue weighted by Gasteiger charge is 2.56. The zero-order chi connectivity index (χ0) is 18.0. The smallest absolute Gasteiger partial charge is 0.223 e. The highest BCUT2D eigenvalue weighted by molar-refractivity contribution is 5.77. The molecular weight excluding hydrogens is 314 g/mol. The summed E-state index contributed by atoms with van der Waals surface area (Å²) in [4.78, 5) is 14.7. The van der Waals surface area contributed by atoms with Gasteiger partial charge in [0.15, 0.2) is 0 Å². The largest absolute Gasteiger partial charge is 0.392 e. The van der Waals surface area contributed by atoms with E-state index in [2.05, 4.69) is 26.0 Å². The van der Waals surface area contributed by atoms with Gasteiger partial charge in [-0.15, -0.1) is 0 Å². The molecule has 3 unspecified atom stereocenters. The molecule has 2 aliphatic rings. The Bertz CT molecular complexity index is 605. The van der Waals surface area contributed by atoms with E-state index < -0.39 is 0 Å². The van der Waals surface area contributed by atoms with Crippen LogP contribution < -0.4 is 0 Å². The van der Waals surface area contributed by atoms with Crippen LogP contribution in [0.25, 0.3) is 0 Å². The van der Waals surface area contributed by atoms with Crippen LogP contribution in [-0.2, 0) is 9.53 Å². The van der Waals surface area contributed by atoms with Crippen LogP contribution in [0.3, 0.4) is 0 Å². The van der Waals surface area contributed by atoms with E-state index in [0.29, 0.717) is 13.0 Å². The number of hydrogen-bond acceptors (Lipinski definition) is 3. The van der Waals surface area contributed by atoms with E-state index >= 15 is 0 Å². The van der Waals surface area contributed by atoms with Crippen molar-refractivity contribution in [2.24, 2.45) is 5.41 Å². The number of carbonyl (C=O) groups excluding carboxylic acids is 1. The molecule has 0 bridgehead atoms. The van der Waals surface area contributed by atoms with Gasteiger partial charge >= 0.3 is 0 Å². The molecule has 1 aliphatic heterocycles. The molecule has 0 radical (unpaired) electrons. The maximum absolute atomic E-state index is 12.7. The maximum Gasteiger partial charge on any atom is 0.223 e. The van der Waals surface area contributed by atoms with Crippen molar-refractivity contribution in [1.82, 2.24) is 4.90 Å². The normalized spacial score (nSPS) is 26.3. The lowest BCUT2D eigenvalue weighted by atomic mass is 9.58. The average Bonchev–Trinajstić information content (AvgIpc) is 2.62. The summed E-state index contributed by atoms with van der Waals surface area (Å²) in [5.74, 6) is 0.461. The summed E-state index contributed by atoms with van der Waals surface area (Å²) in [5, 5.41) is 10.3. The van der Waals surface area contributed by atoms with E-state index in [1.54, 1.807) is 0 Å². The van der Waals surface area contributed by atoms with Crippen molar-refractivity contribution >= 4 is 5.91 Å². The zero-order valence-electron chi connectivity index (χ0n) is 15.7. The standard InChI is InChI=1S/C21H31NO3/c1-4-25-19-14-18(23)21(19)9-11-22(12-10-21)20(24)13-16(3)17-8-6-5-7-15(17)2/h5-8,16,18-19,23H,4,9-14H2,1-3H3. The van der Waals surface area contributed by atoms with Gasteiger partial charge in [0.05, 0.1) is 12.2 Å². The van der Waals surface area contributed by atoms with Gasteiger partial charge in [0.2, 0.25) is 5.91 Å². The molecule has 1 aromatic carbocycles. The Morgan fingerprint density at radius 1 is 1.36 bits per heavy atom. The molecule has 1 amide bonds. The van der Waals surface area contributed by atoms with Crippen LogP contribution in [0.15, 0.2) is 24.3 Å². The van der Waals surface area contributed by atoms with Crippen molar-refractivity contribution in [2.75, 3.05) is 19.7 Å². The first-order valence-corrected chi connectivity index (χ1v) is 9.61. The summed E-state index contributed by atoms with van der Waals surface area (Å²) in [7, 11) is 0. The Labute approximate surface area is 151 Å². The Morgan fingerprint density at radius 3 is 2.64 bits per heavy atom. The van der Waals surface area contributed by atoms with E-state index in [-0.39, 0.29) is 29.4 Å². The number of hydrogen-bond donors (Lipinski definition) is 1. The van der Waals surface area contributed by atoms with Crippen molar-refractivity contribution in [1.29, 1.82) is 0 Å². The van der Waals surface area contributed by atoms with Crippen molar-refractivity contribution < 1.29 is 14.6 Å². The molecule has 1 N–H and O–H groups in total. The minimum absolute atomic E-state index is 0.117. The Balaban J connectivity index is 1.56. The van der Waals surface area contributed by atoms with E-state index in [0.717, 1.165) is 32.4 Å². The van der Waals surface area contributed by atoms with E-state index in [1.165, 1.54) is 11.1 Å². The van der Waals surface area contributed by atoms with Crippen molar-refractivity contribution in [3.63, 3.8) is 0 Å². The minimum Gasteiger partial charge on any atom is -0.392 e. The van der Waals surface area contributed by atoms with Gasteiger partial charge in [0, 0.05) is 38.0 Å². The monoisotopic (exact) mass is 345 g/mol. The van der Waals surface area contributed by atoms with Crippen LogP contribution in [0.5, 0.6) is 0 Å². The third kappa shape index (κ3) is 3.47. The average molecular weight is 345 g/mol. The fourth-order valence-corrected chi connectivity index (χ4v) is 4.63. The van der Waals surface area contributed by atoms with Gasteiger partial charge in [-0.25, -0.2) is 0 Å². The highest BCUT2D eigenvalue weighted by atomic mass is 16.5. The highest BCUT2D eigenvalue weighted by Crippen LogP contribution is 2.51. The van der Waals surface area contributed by atoms with Gasteiger partial charge < -0.3 is 14.7 Å². The number of aliphatic hydroxyl groups excluding tert-OH is 1. The molecule has 1 spiro atoms. The number of aryl methyl sites for hydroxylation is 1. The van der Waals surface area contributed by atoms with E-state index in [1.807, 2.05) is 24.0 Å². The maximum atomic E-state index is 12.7. The number of piperidine rings is 1. The van der Waals surface area contributed by atoms with Gasteiger partial charge in [-0.3, -0.25) is 4.79 Å². The second kappa shape index (κ2) is 7.46. The second-order valence-corrected chi connectivity index (χ2v) is 7.77. The summed E-state index contributed by atoms with van der Waals surface area (Å²) in [6.45, 7) is 8.40. The van der Waals surface area contributed by atoms with Crippen LogP contribution in [0, 0.1) is 12.3 Å². The van der Waals surface area contributed by atoms with Crippen molar-refractivity contribution in [3.8, 4) is 0 Å². The van der Waals surface area contributed by atoms with E-state index in [4.69, 9.17) is 4.74 Å². The summed E-state index contributed by atoms with van der Waals surface area (Å²) in [6.07, 6.45) is 2.89. The number of likely N-dealkylation sites (tertiary alicyclic amines) is 1. The SMILES string of the molecule is CCOC1CC(O)C12CCN(C(=O)CC(C)c1ccccc1C)CC2. The molecule has 4 nitrogen and oxygen atoms in total. The molecular formula is C21H31NO3. The van der Waals surface area contributed by atoms with Gasteiger partial charge in [-0.05, 0) is 43.7 Å². The summed E-state index contributed by atoms with van der Waals surface area (Å²) in [5.41, 5.74) is 2.39. The third-order valence-corrected chi connectivity index (χ3v) is 6.36. The van der Waals surface area contributed by atoms with Crippen molar-refractivity contribution in [2.45, 2.75) is 64.6 Å². The first kappa shape index (κ1) is 18.4. The molecule has 138 valence electrons. The van der Waals surface area contributed by atoms with Crippen LogP contribution in [0.2, 0.25) is 0 Å². The predicted molar refractivity (Wildman–Crippen MR) is 98.5 cm³/mol. The summed E-state index contributed by atoms with van der Waals surface area (Å²) < 4.78 is 5.81. The topological polar surface area (TPSA) is 49.8 Å². The molecule has 4 heteroatoms. The van der Waals surface area contributed by atoms with Gasteiger partial charge in [-0.1, -0.05) is 31.2 Å². The quantitative estimate of drug-likeness (QED) is 0.891. The fraction of sp³-hybridized carbons (Fsp3) is 0.667. The lowest BCUT2D eigenvalue weighted by Crippen LogP contribution is -2.62. The molecule has 1 aromatic rings. The number of amides is 1.